The fraction of sp³-hybridized carbons (Fsp3) is 0. The van der Waals surface area contributed by atoms with Crippen molar-refractivity contribution in [2.45, 2.75) is 0 Å². The van der Waals surface area contributed by atoms with Crippen LogP contribution in [0, 0.1) is 0 Å². The summed E-state index contributed by atoms with van der Waals surface area (Å²) in [6.45, 7) is 0. The van der Waals surface area contributed by atoms with Gasteiger partial charge in [0.05, 0.1) is 16.6 Å². The van der Waals surface area contributed by atoms with E-state index >= 15 is 0 Å². The van der Waals surface area contributed by atoms with Crippen molar-refractivity contribution in [1.82, 2.24) is 4.40 Å². The van der Waals surface area contributed by atoms with Crippen LogP contribution in [0.25, 0.3) is 49.2 Å². The van der Waals surface area contributed by atoms with Gasteiger partial charge in [0, 0.05) is 26.7 Å². The quantitative estimate of drug-likeness (QED) is 0.258. The topological polar surface area (TPSA) is 4.41 Å². The van der Waals surface area contributed by atoms with Gasteiger partial charge in [-0.25, -0.2) is 0 Å². The highest BCUT2D eigenvalue weighted by Crippen LogP contribution is 2.42. The molecule has 6 aromatic rings. The highest BCUT2D eigenvalue weighted by Gasteiger charge is 2.18. The van der Waals surface area contributed by atoms with Crippen LogP contribution in [-0.2, 0) is 0 Å². The van der Waals surface area contributed by atoms with E-state index in [0.29, 0.717) is 0 Å². The van der Waals surface area contributed by atoms with Crippen molar-refractivity contribution in [3.8, 4) is 11.1 Å². The number of hydrogen-bond donors (Lipinski definition) is 0. The molecular formula is C26H16ClN. The molecule has 0 aliphatic heterocycles. The fourth-order valence-electron chi connectivity index (χ4n) is 4.49. The zero-order valence-corrected chi connectivity index (χ0v) is 15.8. The summed E-state index contributed by atoms with van der Waals surface area (Å²) in [4.78, 5) is 0. The largest absolute Gasteiger partial charge is 0.308 e. The Morgan fingerprint density at radius 2 is 1.18 bits per heavy atom. The van der Waals surface area contributed by atoms with Gasteiger partial charge in [0.1, 0.15) is 0 Å². The molecule has 0 bridgehead atoms. The van der Waals surface area contributed by atoms with Crippen molar-refractivity contribution in [2.75, 3.05) is 0 Å². The monoisotopic (exact) mass is 377 g/mol. The Kier molecular flexibility index (Phi) is 3.29. The summed E-state index contributed by atoms with van der Waals surface area (Å²) in [6.07, 6.45) is 0. The van der Waals surface area contributed by atoms with Gasteiger partial charge in [-0.1, -0.05) is 84.4 Å². The second-order valence-electron chi connectivity index (χ2n) is 7.15. The average Bonchev–Trinajstić information content (AvgIpc) is 3.10. The first-order valence-electron chi connectivity index (χ1n) is 9.41. The lowest BCUT2D eigenvalue weighted by atomic mass is 9.99. The number of aromatic nitrogens is 1. The van der Waals surface area contributed by atoms with E-state index < -0.39 is 0 Å². The van der Waals surface area contributed by atoms with Gasteiger partial charge >= 0.3 is 0 Å². The van der Waals surface area contributed by atoms with E-state index in [1.54, 1.807) is 0 Å². The number of halogens is 1. The van der Waals surface area contributed by atoms with Gasteiger partial charge in [-0.3, -0.25) is 0 Å². The molecule has 132 valence electrons. The second kappa shape index (κ2) is 5.85. The van der Waals surface area contributed by atoms with Crippen molar-refractivity contribution in [3.63, 3.8) is 0 Å². The molecule has 0 fully saturated rings. The Morgan fingerprint density at radius 1 is 0.536 bits per heavy atom. The molecule has 1 nitrogen and oxygen atoms in total. The molecular weight excluding hydrogens is 362 g/mol. The minimum Gasteiger partial charge on any atom is -0.308 e. The molecule has 0 unspecified atom stereocenters. The first kappa shape index (κ1) is 15.7. The van der Waals surface area contributed by atoms with Gasteiger partial charge in [0.25, 0.3) is 0 Å². The molecule has 2 aromatic heterocycles. The molecule has 0 saturated heterocycles. The van der Waals surface area contributed by atoms with Crippen LogP contribution in [0.3, 0.4) is 0 Å². The summed E-state index contributed by atoms with van der Waals surface area (Å²) in [5.74, 6) is 0. The van der Waals surface area contributed by atoms with Crippen molar-refractivity contribution in [2.24, 2.45) is 0 Å². The lowest BCUT2D eigenvalue weighted by molar-refractivity contribution is 1.35. The number of pyridine rings is 1. The SMILES string of the molecule is Clc1ccc2c3ccccc3n3c4ccccc4c(-c4ccccc4)c3c2c1. The number of benzene rings is 4. The van der Waals surface area contributed by atoms with E-state index in [1.165, 1.54) is 49.2 Å². The molecule has 2 heterocycles. The maximum Gasteiger partial charge on any atom is 0.0626 e. The van der Waals surface area contributed by atoms with Crippen molar-refractivity contribution in [1.29, 1.82) is 0 Å². The lowest BCUT2D eigenvalue weighted by Gasteiger charge is -2.11. The smallest absolute Gasteiger partial charge is 0.0626 e. The highest BCUT2D eigenvalue weighted by atomic mass is 35.5. The van der Waals surface area contributed by atoms with E-state index in [2.05, 4.69) is 95.4 Å². The van der Waals surface area contributed by atoms with E-state index in [4.69, 9.17) is 11.6 Å². The summed E-state index contributed by atoms with van der Waals surface area (Å²) in [5, 5.41) is 5.66. The number of fused-ring (bicyclic) bond motifs is 8. The first-order chi connectivity index (χ1) is 13.8. The Balaban J connectivity index is 2.02. The molecule has 0 saturated carbocycles. The molecule has 0 atom stereocenters. The van der Waals surface area contributed by atoms with E-state index in [9.17, 15) is 0 Å². The van der Waals surface area contributed by atoms with Crippen LogP contribution in [0.2, 0.25) is 5.02 Å². The van der Waals surface area contributed by atoms with Gasteiger partial charge in [-0.15, -0.1) is 0 Å². The Hall–Kier alpha value is -3.29. The number of para-hydroxylation sites is 2. The molecule has 0 spiro atoms. The predicted molar refractivity (Wildman–Crippen MR) is 120 cm³/mol. The minimum atomic E-state index is 0.758. The van der Waals surface area contributed by atoms with Gasteiger partial charge in [0.2, 0.25) is 0 Å². The standard InChI is InChI=1S/C26H16ClN/c27-18-14-15-19-20-10-4-6-12-23(20)28-24-13-7-5-11-21(24)25(26(28)22(19)16-18)17-8-2-1-3-9-17/h1-16H. The second-order valence-corrected chi connectivity index (χ2v) is 7.59. The highest BCUT2D eigenvalue weighted by molar-refractivity contribution is 6.32. The van der Waals surface area contributed by atoms with E-state index in [-0.39, 0.29) is 0 Å². The van der Waals surface area contributed by atoms with Gasteiger partial charge in [0.15, 0.2) is 0 Å². The first-order valence-corrected chi connectivity index (χ1v) is 9.79. The molecule has 6 rings (SSSR count). The molecule has 4 aromatic carbocycles. The molecule has 28 heavy (non-hydrogen) atoms. The predicted octanol–water partition coefficient (Wildman–Crippen LogP) is 7.72. The normalized spacial score (nSPS) is 11.8. The van der Waals surface area contributed by atoms with Crippen molar-refractivity contribution in [3.05, 3.63) is 102 Å². The lowest BCUT2D eigenvalue weighted by Crippen LogP contribution is -1.91. The molecule has 0 amide bonds. The van der Waals surface area contributed by atoms with Crippen LogP contribution >= 0.6 is 11.6 Å². The molecule has 0 aliphatic carbocycles. The molecule has 0 aliphatic rings. The third kappa shape index (κ3) is 2.08. The van der Waals surface area contributed by atoms with Crippen LogP contribution in [0.4, 0.5) is 0 Å². The summed E-state index contributed by atoms with van der Waals surface area (Å²) in [6, 6.07) is 34.1. The van der Waals surface area contributed by atoms with Gasteiger partial charge in [-0.05, 0) is 35.2 Å². The maximum atomic E-state index is 6.46. The van der Waals surface area contributed by atoms with Gasteiger partial charge in [-0.2, -0.15) is 0 Å². The van der Waals surface area contributed by atoms with Crippen LogP contribution in [0.5, 0.6) is 0 Å². The number of nitrogens with zero attached hydrogens (tertiary/aromatic N) is 1. The summed E-state index contributed by atoms with van der Waals surface area (Å²) in [5.41, 5.74) is 6.12. The van der Waals surface area contributed by atoms with Crippen LogP contribution in [0.15, 0.2) is 97.1 Å². The van der Waals surface area contributed by atoms with Crippen molar-refractivity contribution < 1.29 is 0 Å². The van der Waals surface area contributed by atoms with Crippen LogP contribution in [-0.4, -0.2) is 4.40 Å². The van der Waals surface area contributed by atoms with E-state index in [1.807, 2.05) is 6.07 Å². The van der Waals surface area contributed by atoms with E-state index in [0.717, 1.165) is 5.02 Å². The Bertz CT molecular complexity index is 1510. The van der Waals surface area contributed by atoms with Crippen LogP contribution in [0.1, 0.15) is 0 Å². The molecule has 0 N–H and O–H groups in total. The summed E-state index contributed by atoms with van der Waals surface area (Å²) in [7, 11) is 0. The molecule has 2 heteroatoms. The maximum absolute atomic E-state index is 6.46. The summed E-state index contributed by atoms with van der Waals surface area (Å²) >= 11 is 6.46. The number of hydrogen-bond acceptors (Lipinski definition) is 0. The fourth-order valence-corrected chi connectivity index (χ4v) is 4.66. The van der Waals surface area contributed by atoms with Gasteiger partial charge < -0.3 is 4.40 Å². The average molecular weight is 378 g/mol. The van der Waals surface area contributed by atoms with Crippen molar-refractivity contribution >= 4 is 49.7 Å². The third-order valence-electron chi connectivity index (χ3n) is 5.61. The Morgan fingerprint density at radius 3 is 1.96 bits per heavy atom. The minimum absolute atomic E-state index is 0.758. The zero-order chi connectivity index (χ0) is 18.7. The van der Waals surface area contributed by atoms with Crippen LogP contribution < -0.4 is 0 Å². The molecule has 0 radical (unpaired) electrons. The third-order valence-corrected chi connectivity index (χ3v) is 5.84. The summed E-state index contributed by atoms with van der Waals surface area (Å²) < 4.78 is 2.39. The Labute approximate surface area is 167 Å². The number of rotatable bonds is 1. The zero-order valence-electron chi connectivity index (χ0n) is 15.1.